The molecular weight excluding hydrogens is 576 g/mol. The van der Waals surface area contributed by atoms with Crippen molar-refractivity contribution in [2.45, 2.75) is 27.7 Å². The Kier molecular flexibility index (Phi) is 9.98. The summed E-state index contributed by atoms with van der Waals surface area (Å²) in [5, 5.41) is 2.30. The molecule has 38 heavy (non-hydrogen) atoms. The highest BCUT2D eigenvalue weighted by molar-refractivity contribution is 9.10. The second-order valence-electron chi connectivity index (χ2n) is 8.94. The summed E-state index contributed by atoms with van der Waals surface area (Å²) >= 11 is 4.21. The Morgan fingerprint density at radius 2 is 1.84 bits per heavy atom. The normalized spacial score (nSPS) is 14.3. The second kappa shape index (κ2) is 13.0. The average molecular weight is 606 g/mol. The number of nitrogens with zero attached hydrogens (tertiary/aromatic N) is 1. The molecule has 0 aliphatic carbocycles. The lowest BCUT2D eigenvalue weighted by molar-refractivity contribution is -0.147. The summed E-state index contributed by atoms with van der Waals surface area (Å²) in [6.45, 7) is 7.20. The van der Waals surface area contributed by atoms with Crippen molar-refractivity contribution in [3.63, 3.8) is 0 Å². The van der Waals surface area contributed by atoms with E-state index in [1.165, 1.54) is 13.2 Å². The van der Waals surface area contributed by atoms with Crippen LogP contribution in [0.3, 0.4) is 0 Å². The number of nitrogens with one attached hydrogen (secondary N) is 1. The van der Waals surface area contributed by atoms with Crippen LogP contribution in [-0.4, -0.2) is 54.8 Å². The predicted octanol–water partition coefficient (Wildman–Crippen LogP) is 5.33. The number of anilines is 1. The van der Waals surface area contributed by atoms with Crippen LogP contribution >= 0.6 is 27.7 Å². The molecule has 9 nitrogen and oxygen atoms in total. The van der Waals surface area contributed by atoms with Gasteiger partial charge >= 0.3 is 5.97 Å². The maximum atomic E-state index is 12.7. The van der Waals surface area contributed by atoms with Crippen molar-refractivity contribution in [3.05, 3.63) is 56.4 Å². The maximum Gasteiger partial charge on any atom is 0.326 e. The molecule has 0 aromatic heterocycles. The van der Waals surface area contributed by atoms with E-state index in [4.69, 9.17) is 14.2 Å². The number of imide groups is 1. The fourth-order valence-corrected chi connectivity index (χ4v) is 4.64. The van der Waals surface area contributed by atoms with Crippen molar-refractivity contribution in [2.24, 2.45) is 5.92 Å². The number of carbonyl (C=O) groups excluding carboxylic acids is 4. The second-order valence-corrected chi connectivity index (χ2v) is 10.8. The molecule has 2 aromatic carbocycles. The van der Waals surface area contributed by atoms with Crippen LogP contribution in [0.2, 0.25) is 0 Å². The zero-order valence-corrected chi connectivity index (χ0v) is 24.2. The highest BCUT2D eigenvalue weighted by atomic mass is 79.9. The molecule has 3 rings (SSSR count). The molecule has 1 N–H and O–H groups in total. The number of hydrogen-bond acceptors (Lipinski definition) is 8. The molecule has 0 atom stereocenters. The fraction of sp³-hybridized carbons (Fsp3) is 0.333. The Morgan fingerprint density at radius 3 is 2.53 bits per heavy atom. The van der Waals surface area contributed by atoms with E-state index in [-0.39, 0.29) is 29.9 Å². The van der Waals surface area contributed by atoms with E-state index in [9.17, 15) is 19.2 Å². The standard InChI is InChI=1S/C27H29BrN2O7S/c1-15(2)13-37-25(32)12-30-26(33)23(38-27(30)34)11-18-6-9-21(22(10-18)35-5)36-14-24(31)29-20-8-7-19(28)16(3)17(20)4/h6-11,15H,12-14H2,1-5H3,(H,29,31)/b23-11+. The van der Waals surface area contributed by atoms with Crippen molar-refractivity contribution in [1.29, 1.82) is 0 Å². The number of methoxy groups -OCH3 is 1. The van der Waals surface area contributed by atoms with Gasteiger partial charge in [0.25, 0.3) is 17.1 Å². The van der Waals surface area contributed by atoms with Crippen molar-refractivity contribution >= 4 is 62.5 Å². The first-order valence-corrected chi connectivity index (χ1v) is 13.4. The van der Waals surface area contributed by atoms with Crippen molar-refractivity contribution in [3.8, 4) is 11.5 Å². The number of thioether (sulfide) groups is 1. The van der Waals surface area contributed by atoms with Gasteiger partial charge in [-0.15, -0.1) is 0 Å². The quantitative estimate of drug-likeness (QED) is 0.286. The largest absolute Gasteiger partial charge is 0.493 e. The molecule has 1 heterocycles. The van der Waals surface area contributed by atoms with Crippen LogP contribution in [0.1, 0.15) is 30.5 Å². The first-order valence-electron chi connectivity index (χ1n) is 11.8. The Labute approximate surface area is 234 Å². The minimum Gasteiger partial charge on any atom is -0.493 e. The fourth-order valence-electron chi connectivity index (χ4n) is 3.37. The van der Waals surface area contributed by atoms with Crippen LogP contribution in [-0.2, 0) is 19.1 Å². The predicted molar refractivity (Wildman–Crippen MR) is 149 cm³/mol. The summed E-state index contributed by atoms with van der Waals surface area (Å²) < 4.78 is 17.1. The number of halogens is 1. The first-order chi connectivity index (χ1) is 18.0. The van der Waals surface area contributed by atoms with E-state index < -0.39 is 23.7 Å². The Balaban J connectivity index is 1.64. The number of amides is 3. The lowest BCUT2D eigenvalue weighted by Crippen LogP contribution is -2.34. The van der Waals surface area contributed by atoms with Crippen LogP contribution in [0.25, 0.3) is 6.08 Å². The van der Waals surface area contributed by atoms with Gasteiger partial charge in [0.15, 0.2) is 18.1 Å². The van der Waals surface area contributed by atoms with Crippen LogP contribution in [0.5, 0.6) is 11.5 Å². The zero-order valence-electron chi connectivity index (χ0n) is 21.8. The smallest absolute Gasteiger partial charge is 0.326 e. The van der Waals surface area contributed by atoms with Gasteiger partial charge in [-0.25, -0.2) is 0 Å². The molecule has 11 heteroatoms. The molecule has 2 aromatic rings. The molecular formula is C27H29BrN2O7S. The Bertz CT molecular complexity index is 1290. The van der Waals surface area contributed by atoms with Crippen molar-refractivity contribution in [1.82, 2.24) is 4.90 Å². The monoisotopic (exact) mass is 604 g/mol. The highest BCUT2D eigenvalue weighted by Crippen LogP contribution is 2.34. The zero-order chi connectivity index (χ0) is 28.0. The van der Waals surface area contributed by atoms with Gasteiger partial charge in [0.2, 0.25) is 0 Å². The van der Waals surface area contributed by atoms with Gasteiger partial charge in [-0.3, -0.25) is 24.1 Å². The molecule has 202 valence electrons. The minimum atomic E-state index is -0.639. The molecule has 1 saturated heterocycles. The maximum absolute atomic E-state index is 12.7. The van der Waals surface area contributed by atoms with Gasteiger partial charge in [0.1, 0.15) is 6.54 Å². The number of carbonyl (C=O) groups is 4. The van der Waals surface area contributed by atoms with Gasteiger partial charge in [0.05, 0.1) is 18.6 Å². The molecule has 1 aliphatic rings. The summed E-state index contributed by atoms with van der Waals surface area (Å²) in [7, 11) is 1.46. The van der Waals surface area contributed by atoms with Crippen molar-refractivity contribution in [2.75, 3.05) is 32.2 Å². The molecule has 3 amide bonds. The van der Waals surface area contributed by atoms with Gasteiger partial charge in [0, 0.05) is 10.2 Å². The van der Waals surface area contributed by atoms with Gasteiger partial charge in [-0.1, -0.05) is 35.8 Å². The molecule has 0 saturated carbocycles. The third kappa shape index (κ3) is 7.38. The van der Waals surface area contributed by atoms with Crippen LogP contribution < -0.4 is 14.8 Å². The molecule has 0 radical (unpaired) electrons. The van der Waals surface area contributed by atoms with Gasteiger partial charge < -0.3 is 19.5 Å². The summed E-state index contributed by atoms with van der Waals surface area (Å²) in [5.41, 5.74) is 3.26. The van der Waals surface area contributed by atoms with E-state index in [0.717, 1.165) is 32.3 Å². The topological polar surface area (TPSA) is 111 Å². The van der Waals surface area contributed by atoms with E-state index in [1.54, 1.807) is 18.2 Å². The van der Waals surface area contributed by atoms with E-state index in [0.29, 0.717) is 22.7 Å². The summed E-state index contributed by atoms with van der Waals surface area (Å²) in [6.07, 6.45) is 1.53. The number of benzene rings is 2. The number of rotatable bonds is 10. The van der Waals surface area contributed by atoms with E-state index in [1.807, 2.05) is 39.8 Å². The Hall–Kier alpha value is -3.31. The van der Waals surface area contributed by atoms with Gasteiger partial charge in [-0.2, -0.15) is 0 Å². The number of ether oxygens (including phenoxy) is 3. The van der Waals surface area contributed by atoms with Crippen LogP contribution in [0, 0.1) is 19.8 Å². The minimum absolute atomic E-state index is 0.144. The molecule has 0 spiro atoms. The van der Waals surface area contributed by atoms with Crippen molar-refractivity contribution < 1.29 is 33.4 Å². The SMILES string of the molecule is COc1cc(/C=C2/SC(=O)N(CC(=O)OCC(C)C)C2=O)ccc1OCC(=O)Nc1ccc(Br)c(C)c1C. The molecule has 1 aliphatic heterocycles. The Morgan fingerprint density at radius 1 is 1.11 bits per heavy atom. The molecule has 0 unspecified atom stereocenters. The lowest BCUT2D eigenvalue weighted by Gasteiger charge is -2.14. The summed E-state index contributed by atoms with van der Waals surface area (Å²) in [4.78, 5) is 50.5. The number of esters is 1. The average Bonchev–Trinajstić information content (AvgIpc) is 3.14. The van der Waals surface area contributed by atoms with Gasteiger partial charge in [-0.05, 0) is 78.6 Å². The third-order valence-corrected chi connectivity index (χ3v) is 7.34. The van der Waals surface area contributed by atoms with Crippen LogP contribution in [0.4, 0.5) is 10.5 Å². The first kappa shape index (κ1) is 29.2. The van der Waals surface area contributed by atoms with E-state index >= 15 is 0 Å². The number of hydrogen-bond donors (Lipinski definition) is 1. The summed E-state index contributed by atoms with van der Waals surface area (Å²) in [5.74, 6) is -0.717. The molecule has 1 fully saturated rings. The molecule has 0 bridgehead atoms. The highest BCUT2D eigenvalue weighted by Gasteiger charge is 2.36. The third-order valence-electron chi connectivity index (χ3n) is 5.58. The van der Waals surface area contributed by atoms with E-state index in [2.05, 4.69) is 21.2 Å². The lowest BCUT2D eigenvalue weighted by atomic mass is 10.1. The summed E-state index contributed by atoms with van der Waals surface area (Å²) in [6, 6.07) is 8.59. The van der Waals surface area contributed by atoms with Crippen LogP contribution in [0.15, 0.2) is 39.7 Å².